The van der Waals surface area contributed by atoms with Crippen LogP contribution in [0, 0.1) is 0 Å². The number of ether oxygens (including phenoxy) is 2. The third kappa shape index (κ3) is 4.32. The van der Waals surface area contributed by atoms with Crippen molar-refractivity contribution >= 4 is 28.7 Å². The van der Waals surface area contributed by atoms with Crippen LogP contribution in [-0.2, 0) is 31.9 Å². The van der Waals surface area contributed by atoms with E-state index in [0.29, 0.717) is 29.1 Å². The van der Waals surface area contributed by atoms with Gasteiger partial charge in [0.05, 0.1) is 19.8 Å². The second kappa shape index (κ2) is 9.34. The van der Waals surface area contributed by atoms with Crippen LogP contribution in [0.25, 0.3) is 11.1 Å². The van der Waals surface area contributed by atoms with Crippen LogP contribution in [0.2, 0.25) is 0 Å². The van der Waals surface area contributed by atoms with Crippen molar-refractivity contribution in [3.05, 3.63) is 95.7 Å². The minimum Gasteiger partial charge on any atom is -0.465 e. The Bertz CT molecular complexity index is 1240. The zero-order chi connectivity index (χ0) is 22.5. The fourth-order valence-electron chi connectivity index (χ4n) is 3.48. The molecule has 0 N–H and O–H groups in total. The van der Waals surface area contributed by atoms with Crippen molar-refractivity contribution in [2.45, 2.75) is 12.8 Å². The fourth-order valence-corrected chi connectivity index (χ4v) is 3.48. The van der Waals surface area contributed by atoms with Gasteiger partial charge in [-0.15, -0.1) is 0 Å². The third-order valence-corrected chi connectivity index (χ3v) is 5.05. The van der Waals surface area contributed by atoms with Crippen LogP contribution in [0.4, 0.5) is 5.69 Å². The van der Waals surface area contributed by atoms with E-state index in [2.05, 4.69) is 17.1 Å². The van der Waals surface area contributed by atoms with Crippen molar-refractivity contribution in [3.63, 3.8) is 0 Å². The van der Waals surface area contributed by atoms with E-state index in [9.17, 15) is 9.59 Å². The molecule has 7 heteroatoms. The molecule has 2 aromatic carbocycles. The van der Waals surface area contributed by atoms with Crippen LogP contribution >= 0.6 is 0 Å². The van der Waals surface area contributed by atoms with Crippen molar-refractivity contribution in [3.8, 4) is 0 Å². The Morgan fingerprint density at radius 2 is 1.75 bits per heavy atom. The molecule has 1 aliphatic rings. The lowest BCUT2D eigenvalue weighted by atomic mass is 10.1. The van der Waals surface area contributed by atoms with Crippen LogP contribution in [0.5, 0.6) is 0 Å². The molecule has 162 valence electrons. The predicted molar refractivity (Wildman–Crippen MR) is 120 cm³/mol. The molecule has 2 heterocycles. The molecule has 0 bridgehead atoms. The van der Waals surface area contributed by atoms with E-state index >= 15 is 0 Å². The molecule has 0 aliphatic carbocycles. The summed E-state index contributed by atoms with van der Waals surface area (Å²) in [5.74, 6) is -0.667. The molecule has 1 aliphatic heterocycles. The van der Waals surface area contributed by atoms with Crippen molar-refractivity contribution < 1.29 is 23.5 Å². The number of allylic oxidation sites excluding steroid dienone is 2. The smallest absolute Gasteiger partial charge is 0.355 e. The Morgan fingerprint density at radius 3 is 2.50 bits per heavy atom. The number of esters is 2. The lowest BCUT2D eigenvalue weighted by Crippen LogP contribution is -2.26. The monoisotopic (exact) mass is 430 g/mol. The van der Waals surface area contributed by atoms with Crippen molar-refractivity contribution in [1.29, 1.82) is 0 Å². The van der Waals surface area contributed by atoms with Gasteiger partial charge in [0.15, 0.2) is 11.5 Å². The molecule has 7 nitrogen and oxygen atoms in total. The summed E-state index contributed by atoms with van der Waals surface area (Å²) in [4.78, 5) is 31.1. The zero-order valence-electron chi connectivity index (χ0n) is 17.8. The lowest BCUT2D eigenvalue weighted by Gasteiger charge is -2.22. The first-order valence-corrected chi connectivity index (χ1v) is 10.1. The first-order valence-electron chi connectivity index (χ1n) is 10.1. The Hall–Kier alpha value is -4.13. The average Bonchev–Trinajstić information content (AvgIpc) is 3.11. The van der Waals surface area contributed by atoms with Gasteiger partial charge >= 0.3 is 11.9 Å². The maximum absolute atomic E-state index is 12.6. The zero-order valence-corrected chi connectivity index (χ0v) is 17.8. The van der Waals surface area contributed by atoms with Gasteiger partial charge in [0.1, 0.15) is 11.2 Å². The molecule has 3 aromatic rings. The van der Waals surface area contributed by atoms with E-state index in [1.807, 2.05) is 18.2 Å². The number of anilines is 1. The highest BCUT2D eigenvalue weighted by Gasteiger charge is 2.27. The third-order valence-electron chi connectivity index (χ3n) is 5.05. The molecule has 0 radical (unpaired) electrons. The molecular formula is C25H22N2O5. The Labute approximate surface area is 185 Å². The van der Waals surface area contributed by atoms with Crippen molar-refractivity contribution in [1.82, 2.24) is 4.98 Å². The number of oxazole rings is 1. The summed E-state index contributed by atoms with van der Waals surface area (Å²) in [6.07, 6.45) is 8.06. The maximum Gasteiger partial charge on any atom is 0.355 e. The van der Waals surface area contributed by atoms with Crippen LogP contribution in [0.3, 0.4) is 0 Å². The number of hydrogen-bond donors (Lipinski definition) is 0. The Balaban J connectivity index is 1.68. The van der Waals surface area contributed by atoms with Gasteiger partial charge in [-0.05, 0) is 42.3 Å². The minimum absolute atomic E-state index is 0.0523. The fraction of sp³-hybridized carbons (Fsp3) is 0.160. The first-order chi connectivity index (χ1) is 15.6. The molecule has 0 amide bonds. The number of methoxy groups -OCH3 is 2. The summed E-state index contributed by atoms with van der Waals surface area (Å²) in [6.45, 7) is 0. The minimum atomic E-state index is -0.662. The highest BCUT2D eigenvalue weighted by Crippen LogP contribution is 2.29. The Morgan fingerprint density at radius 1 is 0.969 bits per heavy atom. The molecule has 32 heavy (non-hydrogen) atoms. The summed E-state index contributed by atoms with van der Waals surface area (Å²) in [6, 6.07) is 15.5. The van der Waals surface area contributed by atoms with E-state index in [1.54, 1.807) is 41.5 Å². The molecule has 0 spiro atoms. The quantitative estimate of drug-likeness (QED) is 0.545. The van der Waals surface area contributed by atoms with Crippen LogP contribution in [0.1, 0.15) is 11.5 Å². The Kier molecular flexibility index (Phi) is 6.17. The first kappa shape index (κ1) is 21.1. The largest absolute Gasteiger partial charge is 0.465 e. The van der Waals surface area contributed by atoms with Crippen molar-refractivity contribution in [2.75, 3.05) is 19.1 Å². The van der Waals surface area contributed by atoms with E-state index in [-0.39, 0.29) is 11.3 Å². The van der Waals surface area contributed by atoms with E-state index in [4.69, 9.17) is 13.9 Å². The molecular weight excluding hydrogens is 408 g/mol. The number of carbonyl (C=O) groups excluding carboxylic acids is 2. The van der Waals surface area contributed by atoms with Gasteiger partial charge in [0.2, 0.25) is 0 Å². The summed E-state index contributed by atoms with van der Waals surface area (Å²) < 4.78 is 15.7. The summed E-state index contributed by atoms with van der Waals surface area (Å²) in [5, 5.41) is 0. The SMILES string of the molecule is COC(=O)C1=C(C(=O)OC)N(c2ccc3oc(CCc4ccccc4)nc3c2)C=CC=C1. The maximum atomic E-state index is 12.6. The van der Waals surface area contributed by atoms with Crippen LogP contribution in [0.15, 0.2) is 88.6 Å². The second-order valence-corrected chi connectivity index (χ2v) is 7.06. The van der Waals surface area contributed by atoms with Crippen LogP contribution in [-0.4, -0.2) is 31.1 Å². The van der Waals surface area contributed by atoms with Gasteiger partial charge < -0.3 is 18.8 Å². The van der Waals surface area contributed by atoms with Gasteiger partial charge in [-0.1, -0.05) is 36.4 Å². The number of aryl methyl sites for hydroxylation is 2. The summed E-state index contributed by atoms with van der Waals surface area (Å²) >= 11 is 0. The predicted octanol–water partition coefficient (Wildman–Crippen LogP) is 4.10. The number of fused-ring (bicyclic) bond motifs is 1. The highest BCUT2D eigenvalue weighted by molar-refractivity contribution is 6.05. The van der Waals surface area contributed by atoms with E-state index in [1.165, 1.54) is 25.9 Å². The van der Waals surface area contributed by atoms with E-state index < -0.39 is 11.9 Å². The normalized spacial score (nSPS) is 13.4. The number of aromatic nitrogens is 1. The van der Waals surface area contributed by atoms with Gasteiger partial charge in [0.25, 0.3) is 0 Å². The summed E-state index contributed by atoms with van der Waals surface area (Å²) in [7, 11) is 2.53. The molecule has 1 aromatic heterocycles. The van der Waals surface area contributed by atoms with Gasteiger partial charge in [0, 0.05) is 18.3 Å². The van der Waals surface area contributed by atoms with Gasteiger partial charge in [-0.3, -0.25) is 0 Å². The number of rotatable bonds is 6. The molecule has 4 rings (SSSR count). The van der Waals surface area contributed by atoms with Gasteiger partial charge in [-0.2, -0.15) is 0 Å². The average molecular weight is 430 g/mol. The molecule has 0 unspecified atom stereocenters. The second-order valence-electron chi connectivity index (χ2n) is 7.06. The topological polar surface area (TPSA) is 81.9 Å². The number of hydrogen-bond acceptors (Lipinski definition) is 7. The van der Waals surface area contributed by atoms with Gasteiger partial charge in [-0.25, -0.2) is 14.6 Å². The molecule has 0 fully saturated rings. The van der Waals surface area contributed by atoms with E-state index in [0.717, 1.165) is 6.42 Å². The molecule has 0 atom stereocenters. The number of nitrogens with zero attached hydrogens (tertiary/aromatic N) is 2. The number of benzene rings is 2. The molecule has 0 saturated heterocycles. The van der Waals surface area contributed by atoms with Crippen LogP contribution < -0.4 is 4.90 Å². The summed E-state index contributed by atoms with van der Waals surface area (Å²) in [5.41, 5.74) is 3.28. The molecule has 0 saturated carbocycles. The number of carbonyl (C=O) groups is 2. The van der Waals surface area contributed by atoms with Crippen molar-refractivity contribution in [2.24, 2.45) is 0 Å². The lowest BCUT2D eigenvalue weighted by molar-refractivity contribution is -0.139. The highest BCUT2D eigenvalue weighted by atomic mass is 16.5. The standard InChI is InChI=1S/C25H22N2O5/c1-30-24(28)19-10-6-7-15-27(23(19)25(29)31-2)18-12-13-21-20(16-18)26-22(32-21)14-11-17-8-4-3-5-9-17/h3-10,12-13,15-16H,11,14H2,1-2H3.